The molecule has 3 rings (SSSR count). The largest absolute Gasteiger partial charge is 0.472 e. The maximum Gasteiger partial charge on any atom is 0.169 e. The maximum atomic E-state index is 12.1. The third kappa shape index (κ3) is 1.56. The molecule has 86 valence electrons. The van der Waals surface area contributed by atoms with Crippen LogP contribution in [0.15, 0.2) is 23.0 Å². The standard InChI is InChI=1S/C12H14O3S/c13-12(8-3-4-15-7-8)9-5-10-1-2-11(6-9)16(10)14/h3-4,7,9-11H,1-2,5-6H2. The summed E-state index contributed by atoms with van der Waals surface area (Å²) in [4.78, 5) is 12.1. The van der Waals surface area contributed by atoms with Gasteiger partial charge in [0.1, 0.15) is 6.26 Å². The zero-order valence-corrected chi connectivity index (χ0v) is 9.74. The Bertz CT molecular complexity index is 407. The third-order valence-corrected chi connectivity index (χ3v) is 5.91. The lowest BCUT2D eigenvalue weighted by atomic mass is 9.91. The fourth-order valence-electron chi connectivity index (χ4n) is 2.89. The van der Waals surface area contributed by atoms with Crippen molar-refractivity contribution in [2.75, 3.05) is 0 Å². The van der Waals surface area contributed by atoms with E-state index >= 15 is 0 Å². The predicted molar refractivity (Wildman–Crippen MR) is 60.7 cm³/mol. The number of carbonyl (C=O) groups is 1. The molecule has 0 saturated carbocycles. The average molecular weight is 238 g/mol. The van der Waals surface area contributed by atoms with Crippen LogP contribution in [-0.2, 0) is 10.8 Å². The van der Waals surface area contributed by atoms with Crippen LogP contribution in [0.5, 0.6) is 0 Å². The van der Waals surface area contributed by atoms with Gasteiger partial charge in [0.25, 0.3) is 0 Å². The van der Waals surface area contributed by atoms with E-state index in [0.717, 1.165) is 25.7 Å². The molecule has 1 aromatic rings. The molecule has 4 heteroatoms. The van der Waals surface area contributed by atoms with Crippen LogP contribution in [0.1, 0.15) is 36.0 Å². The van der Waals surface area contributed by atoms with Crippen LogP contribution < -0.4 is 0 Å². The van der Waals surface area contributed by atoms with Crippen LogP contribution in [0.3, 0.4) is 0 Å². The molecule has 3 heterocycles. The maximum absolute atomic E-state index is 12.1. The fraction of sp³-hybridized carbons (Fsp3) is 0.583. The quantitative estimate of drug-likeness (QED) is 0.742. The third-order valence-electron chi connectivity index (χ3n) is 3.74. The van der Waals surface area contributed by atoms with E-state index in [0.29, 0.717) is 5.56 Å². The number of hydrogen-bond acceptors (Lipinski definition) is 3. The Morgan fingerprint density at radius 3 is 2.56 bits per heavy atom. The van der Waals surface area contributed by atoms with Crippen molar-refractivity contribution in [3.8, 4) is 0 Å². The number of rotatable bonds is 2. The van der Waals surface area contributed by atoms with Crippen LogP contribution in [-0.4, -0.2) is 20.5 Å². The number of ketones is 1. The lowest BCUT2D eigenvalue weighted by Crippen LogP contribution is -2.32. The summed E-state index contributed by atoms with van der Waals surface area (Å²) in [5, 5.41) is 0.527. The summed E-state index contributed by atoms with van der Waals surface area (Å²) in [5.74, 6) is 0.232. The molecule has 2 aliphatic rings. The van der Waals surface area contributed by atoms with Crippen molar-refractivity contribution in [1.29, 1.82) is 0 Å². The number of hydrogen-bond donors (Lipinski definition) is 0. The molecule has 16 heavy (non-hydrogen) atoms. The minimum Gasteiger partial charge on any atom is -0.472 e. The zero-order chi connectivity index (χ0) is 11.1. The summed E-state index contributed by atoms with van der Waals surface area (Å²) in [6.45, 7) is 0. The van der Waals surface area contributed by atoms with Gasteiger partial charge in [0.2, 0.25) is 0 Å². The Balaban J connectivity index is 1.78. The lowest BCUT2D eigenvalue weighted by Gasteiger charge is -2.25. The Morgan fingerprint density at radius 2 is 2.00 bits per heavy atom. The Hall–Kier alpha value is -0.900. The highest BCUT2D eigenvalue weighted by Crippen LogP contribution is 2.39. The molecule has 0 spiro atoms. The molecule has 0 amide bonds. The fourth-order valence-corrected chi connectivity index (χ4v) is 5.01. The van der Waals surface area contributed by atoms with Crippen molar-refractivity contribution in [2.24, 2.45) is 5.92 Å². The van der Waals surface area contributed by atoms with Gasteiger partial charge in [-0.3, -0.25) is 9.00 Å². The highest BCUT2D eigenvalue weighted by atomic mass is 32.2. The van der Waals surface area contributed by atoms with Crippen LogP contribution in [0.4, 0.5) is 0 Å². The second kappa shape index (κ2) is 3.84. The molecule has 2 aliphatic heterocycles. The van der Waals surface area contributed by atoms with Gasteiger partial charge < -0.3 is 4.42 Å². The Morgan fingerprint density at radius 1 is 1.31 bits per heavy atom. The van der Waals surface area contributed by atoms with E-state index in [1.54, 1.807) is 6.07 Å². The smallest absolute Gasteiger partial charge is 0.169 e. The molecule has 2 unspecified atom stereocenters. The molecule has 2 saturated heterocycles. The van der Waals surface area contributed by atoms with E-state index in [9.17, 15) is 9.00 Å². The lowest BCUT2D eigenvalue weighted by molar-refractivity contribution is 0.0905. The second-order valence-electron chi connectivity index (χ2n) is 4.69. The first-order valence-electron chi connectivity index (χ1n) is 5.71. The van der Waals surface area contributed by atoms with E-state index in [2.05, 4.69) is 0 Å². The van der Waals surface area contributed by atoms with Crippen LogP contribution in [0.25, 0.3) is 0 Å². The minimum atomic E-state index is -0.678. The predicted octanol–water partition coefficient (Wildman–Crippen LogP) is 2.15. The molecule has 0 N–H and O–H groups in total. The highest BCUT2D eigenvalue weighted by Gasteiger charge is 2.42. The Labute approximate surface area is 96.7 Å². The molecule has 2 atom stereocenters. The zero-order valence-electron chi connectivity index (χ0n) is 8.93. The normalized spacial score (nSPS) is 37.5. The molecule has 0 aliphatic carbocycles. The number of fused-ring (bicyclic) bond motifs is 2. The van der Waals surface area contributed by atoms with Gasteiger partial charge in [-0.05, 0) is 31.7 Å². The second-order valence-corrected chi connectivity index (χ2v) is 6.68. The van der Waals surface area contributed by atoms with E-state index in [1.165, 1.54) is 12.5 Å². The van der Waals surface area contributed by atoms with E-state index in [4.69, 9.17) is 4.42 Å². The van der Waals surface area contributed by atoms with Crippen molar-refractivity contribution < 1.29 is 13.4 Å². The van der Waals surface area contributed by atoms with Gasteiger partial charge in [0.15, 0.2) is 5.78 Å². The van der Waals surface area contributed by atoms with E-state index in [-0.39, 0.29) is 22.2 Å². The molecule has 0 aromatic carbocycles. The number of furan rings is 1. The molecular weight excluding hydrogens is 224 g/mol. The van der Waals surface area contributed by atoms with Crippen molar-refractivity contribution >= 4 is 16.6 Å². The minimum absolute atomic E-state index is 0.0628. The van der Waals surface area contributed by atoms with Gasteiger partial charge in [0.05, 0.1) is 11.8 Å². The molecular formula is C12H14O3S. The summed E-state index contributed by atoms with van der Waals surface area (Å²) in [7, 11) is -0.678. The van der Waals surface area contributed by atoms with Crippen LogP contribution >= 0.6 is 0 Å². The molecule has 1 aromatic heterocycles. The van der Waals surface area contributed by atoms with Crippen molar-refractivity contribution in [3.63, 3.8) is 0 Å². The number of Topliss-reactive ketones (excluding diaryl/α,β-unsaturated/α-hetero) is 1. The highest BCUT2D eigenvalue weighted by molar-refractivity contribution is 7.86. The number of carbonyl (C=O) groups excluding carboxylic acids is 1. The summed E-state index contributed by atoms with van der Waals surface area (Å²) < 4.78 is 16.8. The summed E-state index contributed by atoms with van der Waals surface area (Å²) in [6, 6.07) is 1.72. The van der Waals surface area contributed by atoms with Crippen LogP contribution in [0, 0.1) is 5.92 Å². The molecule has 2 fully saturated rings. The first-order chi connectivity index (χ1) is 7.75. The topological polar surface area (TPSA) is 47.3 Å². The van der Waals surface area contributed by atoms with Crippen LogP contribution in [0.2, 0.25) is 0 Å². The summed E-state index contributed by atoms with van der Waals surface area (Å²) in [6.07, 6.45) is 6.71. The van der Waals surface area contributed by atoms with Crippen molar-refractivity contribution in [3.05, 3.63) is 24.2 Å². The van der Waals surface area contributed by atoms with Gasteiger partial charge in [-0.1, -0.05) is 0 Å². The van der Waals surface area contributed by atoms with Gasteiger partial charge in [-0.15, -0.1) is 0 Å². The first-order valence-corrected chi connectivity index (χ1v) is 6.99. The van der Waals surface area contributed by atoms with E-state index < -0.39 is 10.8 Å². The van der Waals surface area contributed by atoms with Gasteiger partial charge in [-0.25, -0.2) is 0 Å². The monoisotopic (exact) mass is 238 g/mol. The van der Waals surface area contributed by atoms with Crippen molar-refractivity contribution in [2.45, 2.75) is 36.2 Å². The average Bonchev–Trinajstić information content (AvgIpc) is 2.85. The van der Waals surface area contributed by atoms with Gasteiger partial charge in [0, 0.05) is 27.2 Å². The SMILES string of the molecule is O=C(c1ccoc1)C1CC2CCC(C1)S2=O. The molecule has 2 bridgehead atoms. The van der Waals surface area contributed by atoms with Gasteiger partial charge >= 0.3 is 0 Å². The molecule has 3 nitrogen and oxygen atoms in total. The first kappa shape index (κ1) is 10.3. The summed E-state index contributed by atoms with van der Waals surface area (Å²) >= 11 is 0. The van der Waals surface area contributed by atoms with Gasteiger partial charge in [-0.2, -0.15) is 0 Å². The van der Waals surface area contributed by atoms with Crippen molar-refractivity contribution in [1.82, 2.24) is 0 Å². The summed E-state index contributed by atoms with van der Waals surface area (Å²) in [5.41, 5.74) is 0.664. The Kier molecular flexibility index (Phi) is 2.46. The van der Waals surface area contributed by atoms with E-state index in [1.807, 2.05) is 0 Å². The molecule has 0 radical (unpaired) electrons.